The molecule has 3 atom stereocenters. The molecule has 6 nitrogen and oxygen atoms in total. The van der Waals surface area contributed by atoms with Crippen LogP contribution in [0.15, 0.2) is 24.3 Å². The second kappa shape index (κ2) is 5.90. The van der Waals surface area contributed by atoms with Gasteiger partial charge in [-0.15, -0.1) is 5.10 Å². The molecule has 0 unspecified atom stereocenters. The van der Waals surface area contributed by atoms with E-state index in [2.05, 4.69) is 20.8 Å². The highest BCUT2D eigenvalue weighted by Crippen LogP contribution is 2.28. The first-order valence-electron chi connectivity index (χ1n) is 7.82. The van der Waals surface area contributed by atoms with Crippen molar-refractivity contribution in [3.63, 3.8) is 0 Å². The van der Waals surface area contributed by atoms with Gasteiger partial charge in [0.2, 0.25) is 0 Å². The number of amides is 1. The van der Waals surface area contributed by atoms with Crippen LogP contribution in [0.25, 0.3) is 0 Å². The molecule has 2 N–H and O–H groups in total. The van der Waals surface area contributed by atoms with Crippen molar-refractivity contribution < 1.29 is 9.53 Å². The van der Waals surface area contributed by atoms with Crippen LogP contribution in [0, 0.1) is 6.92 Å². The maximum atomic E-state index is 12.3. The average Bonchev–Trinajstić information content (AvgIpc) is 3.25. The maximum Gasteiger partial charge on any atom is 0.299 e. The normalized spacial score (nSPS) is 25.5. The fourth-order valence-electron chi connectivity index (χ4n) is 3.33. The lowest BCUT2D eigenvalue weighted by Gasteiger charge is -2.21. The van der Waals surface area contributed by atoms with Crippen molar-refractivity contribution in [3.05, 3.63) is 34.8 Å². The third-order valence-electron chi connectivity index (χ3n) is 4.45. The van der Waals surface area contributed by atoms with Crippen LogP contribution in [0.4, 0.5) is 0 Å². The van der Waals surface area contributed by atoms with E-state index in [1.165, 1.54) is 17.8 Å². The molecule has 1 aromatic carbocycles. The molecular weight excluding hydrogens is 312 g/mol. The predicted octanol–water partition coefficient (Wildman–Crippen LogP) is 2.26. The fraction of sp³-hybridized carbons (Fsp3) is 0.438. The number of aryl methyl sites for hydroxylation is 1. The summed E-state index contributed by atoms with van der Waals surface area (Å²) in [6.45, 7) is 1.88. The monoisotopic (exact) mass is 330 g/mol. The Bertz CT molecular complexity index is 715. The number of ether oxygens (including phenoxy) is 1. The Morgan fingerprint density at radius 1 is 1.30 bits per heavy atom. The van der Waals surface area contributed by atoms with Crippen LogP contribution < -0.4 is 15.4 Å². The van der Waals surface area contributed by atoms with E-state index in [1.807, 2.05) is 6.92 Å². The first-order chi connectivity index (χ1) is 11.2. The highest BCUT2D eigenvalue weighted by atomic mass is 32.1. The van der Waals surface area contributed by atoms with Gasteiger partial charge in [0.25, 0.3) is 11.1 Å². The fourth-order valence-corrected chi connectivity index (χ4v) is 3.88. The Hall–Kier alpha value is -1.99. The Kier molecular flexibility index (Phi) is 3.74. The first-order valence-corrected chi connectivity index (χ1v) is 8.64. The van der Waals surface area contributed by atoms with Crippen LogP contribution in [-0.2, 0) is 0 Å². The maximum absolute atomic E-state index is 12.3. The molecule has 4 rings (SSSR count). The molecule has 0 radical (unpaired) electrons. The minimum atomic E-state index is -0.0253. The van der Waals surface area contributed by atoms with Gasteiger partial charge in [-0.2, -0.15) is 0 Å². The quantitative estimate of drug-likeness (QED) is 0.899. The summed E-state index contributed by atoms with van der Waals surface area (Å²) < 4.78 is 5.61. The van der Waals surface area contributed by atoms with Crippen molar-refractivity contribution in [2.45, 2.75) is 44.3 Å². The molecule has 0 saturated carbocycles. The third kappa shape index (κ3) is 3.07. The summed E-state index contributed by atoms with van der Waals surface area (Å²) in [5.74, 6) is 0.627. The van der Waals surface area contributed by atoms with Gasteiger partial charge in [0.1, 0.15) is 10.8 Å². The summed E-state index contributed by atoms with van der Waals surface area (Å²) >= 11 is 1.39. The number of nitrogens with one attached hydrogen (secondary N) is 2. The van der Waals surface area contributed by atoms with Crippen molar-refractivity contribution in [2.24, 2.45) is 0 Å². The van der Waals surface area contributed by atoms with Crippen LogP contribution in [0.5, 0.6) is 10.9 Å². The highest BCUT2D eigenvalue weighted by molar-refractivity contribution is 7.13. The van der Waals surface area contributed by atoms with Crippen molar-refractivity contribution >= 4 is 17.2 Å². The number of carbonyl (C=O) groups excluding carboxylic acids is 1. The van der Waals surface area contributed by atoms with E-state index in [9.17, 15) is 4.79 Å². The van der Waals surface area contributed by atoms with Gasteiger partial charge in [-0.3, -0.25) is 4.79 Å². The molecule has 1 amide bonds. The second-order valence-electron chi connectivity index (χ2n) is 6.08. The molecule has 2 aromatic rings. The van der Waals surface area contributed by atoms with E-state index >= 15 is 0 Å². The van der Waals surface area contributed by atoms with Gasteiger partial charge in [-0.1, -0.05) is 16.4 Å². The minimum absolute atomic E-state index is 0.0253. The third-order valence-corrected chi connectivity index (χ3v) is 5.16. The zero-order chi connectivity index (χ0) is 15.8. The van der Waals surface area contributed by atoms with Crippen LogP contribution >= 0.6 is 11.3 Å². The summed E-state index contributed by atoms with van der Waals surface area (Å²) in [6.07, 6.45) is 3.42. The number of nitrogens with zero attached hydrogens (tertiary/aromatic N) is 2. The highest BCUT2D eigenvalue weighted by Gasteiger charge is 2.39. The smallest absolute Gasteiger partial charge is 0.299 e. The molecule has 0 aliphatic carbocycles. The van der Waals surface area contributed by atoms with Gasteiger partial charge >= 0.3 is 0 Å². The van der Waals surface area contributed by atoms with E-state index in [4.69, 9.17) is 4.74 Å². The van der Waals surface area contributed by atoms with Crippen LogP contribution in [0.1, 0.15) is 34.6 Å². The standard InChI is InChI=1S/C16H18N4O2S/c1-9-19-20-16(23-9)22-12-5-2-10(3-6-12)15(21)18-14-8-11-4-7-13(14)17-11/h2-3,5-6,11,13-14,17H,4,7-8H2,1H3,(H,18,21)/t11-,13+,14-/m1/s1. The summed E-state index contributed by atoms with van der Waals surface area (Å²) in [5.41, 5.74) is 0.647. The summed E-state index contributed by atoms with van der Waals surface area (Å²) in [6, 6.07) is 8.39. The van der Waals surface area contributed by atoms with Gasteiger partial charge in [0.15, 0.2) is 0 Å². The molecule has 7 heteroatoms. The van der Waals surface area contributed by atoms with Gasteiger partial charge in [-0.25, -0.2) is 0 Å². The number of rotatable bonds is 4. The molecule has 2 saturated heterocycles. The second-order valence-corrected chi connectivity index (χ2v) is 7.22. The Morgan fingerprint density at radius 3 is 2.74 bits per heavy atom. The summed E-state index contributed by atoms with van der Waals surface area (Å²) in [5, 5.41) is 15.9. The number of hydrogen-bond acceptors (Lipinski definition) is 6. The summed E-state index contributed by atoms with van der Waals surface area (Å²) in [4.78, 5) is 12.3. The Balaban J connectivity index is 1.38. The minimum Gasteiger partial charge on any atom is -0.430 e. The van der Waals surface area contributed by atoms with Gasteiger partial charge in [0.05, 0.1) is 0 Å². The molecule has 3 heterocycles. The molecule has 23 heavy (non-hydrogen) atoms. The lowest BCUT2D eigenvalue weighted by atomic mass is 9.95. The van der Waals surface area contributed by atoms with Crippen LogP contribution in [-0.4, -0.2) is 34.2 Å². The Morgan fingerprint density at radius 2 is 2.13 bits per heavy atom. The number of fused-ring (bicyclic) bond motifs is 2. The molecule has 120 valence electrons. The predicted molar refractivity (Wildman–Crippen MR) is 87.0 cm³/mol. The molecule has 2 aliphatic heterocycles. The zero-order valence-corrected chi connectivity index (χ0v) is 13.6. The van der Waals surface area contributed by atoms with E-state index in [0.717, 1.165) is 17.8 Å². The zero-order valence-electron chi connectivity index (χ0n) is 12.8. The topological polar surface area (TPSA) is 76.1 Å². The van der Waals surface area contributed by atoms with Crippen molar-refractivity contribution in [2.75, 3.05) is 0 Å². The number of aromatic nitrogens is 2. The van der Waals surface area contributed by atoms with E-state index in [1.54, 1.807) is 24.3 Å². The molecular formula is C16H18N4O2S. The van der Waals surface area contributed by atoms with Gasteiger partial charge < -0.3 is 15.4 Å². The SMILES string of the molecule is Cc1nnc(Oc2ccc(C(=O)N[C@@H]3C[C@H]4CC[C@@H]3N4)cc2)s1. The van der Waals surface area contributed by atoms with Gasteiger partial charge in [-0.05, 0) is 50.5 Å². The number of benzene rings is 1. The molecule has 1 aromatic heterocycles. The summed E-state index contributed by atoms with van der Waals surface area (Å²) in [7, 11) is 0. The average molecular weight is 330 g/mol. The Labute approximate surface area is 138 Å². The van der Waals surface area contributed by atoms with Gasteiger partial charge in [0, 0.05) is 23.7 Å². The molecule has 0 spiro atoms. The lowest BCUT2D eigenvalue weighted by molar-refractivity contribution is 0.0931. The first kappa shape index (κ1) is 14.6. The van der Waals surface area contributed by atoms with Crippen molar-refractivity contribution in [1.29, 1.82) is 0 Å². The number of carbonyl (C=O) groups is 1. The molecule has 2 fully saturated rings. The number of hydrogen-bond donors (Lipinski definition) is 2. The molecule has 2 aliphatic rings. The molecule has 2 bridgehead atoms. The van der Waals surface area contributed by atoms with Crippen LogP contribution in [0.2, 0.25) is 0 Å². The van der Waals surface area contributed by atoms with Crippen molar-refractivity contribution in [1.82, 2.24) is 20.8 Å². The largest absolute Gasteiger partial charge is 0.430 e. The lowest BCUT2D eigenvalue weighted by Crippen LogP contribution is -2.42. The van der Waals surface area contributed by atoms with E-state index in [-0.39, 0.29) is 11.9 Å². The van der Waals surface area contributed by atoms with E-state index < -0.39 is 0 Å². The van der Waals surface area contributed by atoms with E-state index in [0.29, 0.717) is 28.6 Å². The van der Waals surface area contributed by atoms with Crippen LogP contribution in [0.3, 0.4) is 0 Å². The van der Waals surface area contributed by atoms with Crippen molar-refractivity contribution in [3.8, 4) is 10.9 Å².